The number of carbonyl (C=O) groups excluding carboxylic acids is 1. The number of rotatable bonds is 12. The maximum absolute atomic E-state index is 12.1. The highest BCUT2D eigenvalue weighted by molar-refractivity contribution is 7.86. The maximum atomic E-state index is 12.1. The normalized spacial score (nSPS) is 11.6. The first-order valence-corrected chi connectivity index (χ1v) is 10.1. The number of Topliss-reactive ketones (excluding diaryl/α,β-unsaturated/α-hetero) is 1. The van der Waals surface area contributed by atoms with Crippen molar-refractivity contribution in [3.8, 4) is 5.75 Å². The molecule has 0 spiro atoms. The number of aromatic hydroxyl groups is 1. The van der Waals surface area contributed by atoms with Crippen LogP contribution in [0.5, 0.6) is 5.75 Å². The van der Waals surface area contributed by atoms with Crippen LogP contribution in [0.25, 0.3) is 0 Å². The van der Waals surface area contributed by atoms with Gasteiger partial charge < -0.3 is 5.11 Å². The van der Waals surface area contributed by atoms with E-state index in [0.717, 1.165) is 18.9 Å². The van der Waals surface area contributed by atoms with Gasteiger partial charge in [0.2, 0.25) is 0 Å². The van der Waals surface area contributed by atoms with Gasteiger partial charge in [-0.1, -0.05) is 64.4 Å². The molecular weight excluding hydrogens is 328 g/mol. The Balaban J connectivity index is 2.37. The van der Waals surface area contributed by atoms with Gasteiger partial charge in [0, 0.05) is 6.42 Å². The van der Waals surface area contributed by atoms with Crippen LogP contribution in [-0.2, 0) is 10.1 Å². The third kappa shape index (κ3) is 7.01. The van der Waals surface area contributed by atoms with Crippen LogP contribution in [0.1, 0.15) is 81.5 Å². The lowest BCUT2D eigenvalue weighted by atomic mass is 10.0. The van der Waals surface area contributed by atoms with E-state index < -0.39 is 20.8 Å². The molecule has 136 valence electrons. The van der Waals surface area contributed by atoms with Crippen molar-refractivity contribution in [1.82, 2.24) is 0 Å². The van der Waals surface area contributed by atoms with Gasteiger partial charge in [0.15, 0.2) is 5.78 Å². The van der Waals surface area contributed by atoms with Crippen molar-refractivity contribution in [3.05, 3.63) is 23.8 Å². The van der Waals surface area contributed by atoms with Crippen molar-refractivity contribution in [2.75, 3.05) is 0 Å². The molecule has 0 aliphatic carbocycles. The second-order valence-electron chi connectivity index (χ2n) is 6.13. The monoisotopic (exact) mass is 356 g/mol. The number of carbonyl (C=O) groups is 1. The average Bonchev–Trinajstić information content (AvgIpc) is 2.52. The predicted octanol–water partition coefficient (Wildman–Crippen LogP) is 4.74. The number of hydrogen-bond donors (Lipinski definition) is 2. The topological polar surface area (TPSA) is 91.7 Å². The Bertz CT molecular complexity index is 622. The Morgan fingerprint density at radius 3 is 2.04 bits per heavy atom. The second kappa shape index (κ2) is 10.5. The van der Waals surface area contributed by atoms with E-state index in [2.05, 4.69) is 6.92 Å². The van der Waals surface area contributed by atoms with E-state index in [4.69, 9.17) is 4.55 Å². The summed E-state index contributed by atoms with van der Waals surface area (Å²) in [5.74, 6) is -0.970. The summed E-state index contributed by atoms with van der Waals surface area (Å²) in [4.78, 5) is 11.5. The van der Waals surface area contributed by atoms with Crippen LogP contribution in [0.4, 0.5) is 0 Å². The number of hydrogen-bond acceptors (Lipinski definition) is 4. The SMILES string of the molecule is CCCCCCCCCCCC(=O)c1cccc(S(=O)(=O)O)c1O. The van der Waals surface area contributed by atoms with Crippen LogP contribution in [-0.4, -0.2) is 23.9 Å². The van der Waals surface area contributed by atoms with Crippen LogP contribution in [0, 0.1) is 0 Å². The molecule has 0 atom stereocenters. The largest absolute Gasteiger partial charge is 0.506 e. The zero-order valence-corrected chi connectivity index (χ0v) is 15.1. The van der Waals surface area contributed by atoms with E-state index in [-0.39, 0.29) is 17.8 Å². The molecule has 6 heteroatoms. The molecule has 1 rings (SSSR count). The van der Waals surface area contributed by atoms with Gasteiger partial charge >= 0.3 is 0 Å². The van der Waals surface area contributed by atoms with Crippen LogP contribution in [0.2, 0.25) is 0 Å². The molecule has 0 aliphatic heterocycles. The zero-order valence-electron chi connectivity index (χ0n) is 14.3. The molecule has 0 unspecified atom stereocenters. The van der Waals surface area contributed by atoms with E-state index in [1.165, 1.54) is 50.7 Å². The third-order valence-electron chi connectivity index (χ3n) is 4.08. The fourth-order valence-electron chi connectivity index (χ4n) is 2.69. The first-order chi connectivity index (χ1) is 11.4. The van der Waals surface area contributed by atoms with E-state index in [1.54, 1.807) is 0 Å². The lowest BCUT2D eigenvalue weighted by molar-refractivity contribution is 0.0976. The predicted molar refractivity (Wildman–Crippen MR) is 94.1 cm³/mol. The van der Waals surface area contributed by atoms with Gasteiger partial charge in [-0.3, -0.25) is 9.35 Å². The Morgan fingerprint density at radius 2 is 1.50 bits per heavy atom. The van der Waals surface area contributed by atoms with Gasteiger partial charge in [-0.15, -0.1) is 0 Å². The first-order valence-electron chi connectivity index (χ1n) is 8.70. The number of phenolic OH excluding ortho intramolecular Hbond substituents is 1. The lowest BCUT2D eigenvalue weighted by Crippen LogP contribution is -2.04. The molecule has 0 saturated heterocycles. The van der Waals surface area contributed by atoms with Crippen molar-refractivity contribution in [2.45, 2.75) is 76.0 Å². The summed E-state index contributed by atoms with van der Waals surface area (Å²) in [6.07, 6.45) is 10.5. The van der Waals surface area contributed by atoms with Crippen LogP contribution < -0.4 is 0 Å². The minimum atomic E-state index is -4.53. The number of phenols is 1. The van der Waals surface area contributed by atoms with Crippen molar-refractivity contribution in [2.24, 2.45) is 0 Å². The molecule has 0 aliphatic rings. The zero-order chi connectivity index (χ0) is 18.0. The highest BCUT2D eigenvalue weighted by atomic mass is 32.2. The summed E-state index contributed by atoms with van der Waals surface area (Å²) < 4.78 is 31.3. The van der Waals surface area contributed by atoms with Gasteiger partial charge in [-0.25, -0.2) is 0 Å². The molecule has 5 nitrogen and oxygen atoms in total. The standard InChI is InChI=1S/C18H28O5S/c1-2-3-4-5-6-7-8-9-10-13-16(19)15-12-11-14-17(18(15)20)24(21,22)23/h11-12,14,20H,2-10,13H2,1H3,(H,21,22,23). The number of benzene rings is 1. The fourth-order valence-corrected chi connectivity index (χ4v) is 3.29. The minimum Gasteiger partial charge on any atom is -0.506 e. The van der Waals surface area contributed by atoms with E-state index in [9.17, 15) is 18.3 Å². The summed E-state index contributed by atoms with van der Waals surface area (Å²) in [6, 6.07) is 3.78. The summed E-state index contributed by atoms with van der Waals surface area (Å²) in [7, 11) is -4.53. The molecule has 1 aromatic rings. The summed E-state index contributed by atoms with van der Waals surface area (Å²) in [5.41, 5.74) is -0.0512. The minimum absolute atomic E-state index is 0.0512. The van der Waals surface area contributed by atoms with Crippen LogP contribution in [0.3, 0.4) is 0 Å². The summed E-state index contributed by atoms with van der Waals surface area (Å²) in [5, 5.41) is 9.88. The van der Waals surface area contributed by atoms with E-state index in [0.29, 0.717) is 6.42 Å². The van der Waals surface area contributed by atoms with Gasteiger partial charge in [0.05, 0.1) is 5.56 Å². The Hall–Kier alpha value is -1.40. The lowest BCUT2D eigenvalue weighted by Gasteiger charge is -2.07. The Labute approximate surface area is 144 Å². The summed E-state index contributed by atoms with van der Waals surface area (Å²) in [6.45, 7) is 2.19. The molecule has 0 bridgehead atoms. The van der Waals surface area contributed by atoms with Crippen molar-refractivity contribution >= 4 is 15.9 Å². The van der Waals surface area contributed by atoms with Gasteiger partial charge in [0.1, 0.15) is 10.6 Å². The van der Waals surface area contributed by atoms with E-state index in [1.807, 2.05) is 0 Å². The molecule has 2 N–H and O–H groups in total. The highest BCUT2D eigenvalue weighted by Gasteiger charge is 2.20. The van der Waals surface area contributed by atoms with Gasteiger partial charge in [-0.2, -0.15) is 8.42 Å². The molecule has 24 heavy (non-hydrogen) atoms. The molecule has 0 heterocycles. The fraction of sp³-hybridized carbons (Fsp3) is 0.611. The van der Waals surface area contributed by atoms with Crippen molar-refractivity contribution < 1.29 is 22.9 Å². The Kier molecular flexibility index (Phi) is 9.00. The highest BCUT2D eigenvalue weighted by Crippen LogP contribution is 2.28. The molecule has 0 radical (unpaired) electrons. The molecule has 0 amide bonds. The molecule has 0 saturated carbocycles. The van der Waals surface area contributed by atoms with Crippen LogP contribution in [0.15, 0.2) is 23.1 Å². The molecule has 0 aromatic heterocycles. The Morgan fingerprint density at radius 1 is 0.958 bits per heavy atom. The smallest absolute Gasteiger partial charge is 0.298 e. The first kappa shape index (κ1) is 20.6. The number of unbranched alkanes of at least 4 members (excludes halogenated alkanes) is 8. The van der Waals surface area contributed by atoms with E-state index >= 15 is 0 Å². The third-order valence-corrected chi connectivity index (χ3v) is 4.97. The van der Waals surface area contributed by atoms with Gasteiger partial charge in [0.25, 0.3) is 10.1 Å². The molecule has 1 aromatic carbocycles. The maximum Gasteiger partial charge on any atom is 0.298 e. The quantitative estimate of drug-likeness (QED) is 0.320. The van der Waals surface area contributed by atoms with Crippen molar-refractivity contribution in [3.63, 3.8) is 0 Å². The second-order valence-corrected chi connectivity index (χ2v) is 7.52. The summed E-state index contributed by atoms with van der Waals surface area (Å²) >= 11 is 0. The number of para-hydroxylation sites is 1. The van der Waals surface area contributed by atoms with Crippen molar-refractivity contribution in [1.29, 1.82) is 0 Å². The van der Waals surface area contributed by atoms with Crippen LogP contribution >= 0.6 is 0 Å². The average molecular weight is 356 g/mol. The molecule has 0 fully saturated rings. The molecular formula is C18H28O5S. The van der Waals surface area contributed by atoms with Gasteiger partial charge in [-0.05, 0) is 18.6 Å². The number of ketones is 1.